The molecule has 3 unspecified atom stereocenters. The second-order valence-electron chi connectivity index (χ2n) is 7.52. The van der Waals surface area contributed by atoms with Crippen LogP contribution in [-0.2, 0) is 4.79 Å². The van der Waals surface area contributed by atoms with E-state index in [1.165, 1.54) is 25.8 Å². The molecule has 1 rings (SSSR count). The molecule has 0 aromatic rings. The van der Waals surface area contributed by atoms with Gasteiger partial charge in [-0.2, -0.15) is 0 Å². The first kappa shape index (κ1) is 17.5. The zero-order valence-corrected chi connectivity index (χ0v) is 14.3. The summed E-state index contributed by atoms with van der Waals surface area (Å²) in [5.41, 5.74) is -0.293. The Morgan fingerprint density at radius 1 is 1.30 bits per heavy atom. The third kappa shape index (κ3) is 5.08. The Labute approximate surface area is 125 Å². The SMILES string of the molecule is CCCC1CC(NC(=O)C(C)(C)C)CN(C(C)CC)C1. The summed E-state index contributed by atoms with van der Waals surface area (Å²) in [6, 6.07) is 0.935. The normalized spacial score (nSPS) is 26.3. The molecule has 0 bridgehead atoms. The summed E-state index contributed by atoms with van der Waals surface area (Å²) in [7, 11) is 0. The van der Waals surface area contributed by atoms with Gasteiger partial charge in [0.25, 0.3) is 0 Å². The first-order chi connectivity index (χ1) is 9.27. The number of amides is 1. The van der Waals surface area contributed by atoms with Gasteiger partial charge in [0.1, 0.15) is 0 Å². The van der Waals surface area contributed by atoms with E-state index < -0.39 is 0 Å². The summed E-state index contributed by atoms with van der Waals surface area (Å²) in [5, 5.41) is 3.28. The van der Waals surface area contributed by atoms with Gasteiger partial charge in [-0.3, -0.25) is 9.69 Å². The molecule has 0 saturated carbocycles. The maximum atomic E-state index is 12.2. The topological polar surface area (TPSA) is 32.3 Å². The van der Waals surface area contributed by atoms with Gasteiger partial charge in [-0.1, -0.05) is 41.0 Å². The van der Waals surface area contributed by atoms with Crippen molar-refractivity contribution in [3.05, 3.63) is 0 Å². The summed E-state index contributed by atoms with van der Waals surface area (Å²) in [6.45, 7) is 15.0. The Morgan fingerprint density at radius 2 is 1.95 bits per heavy atom. The quantitative estimate of drug-likeness (QED) is 0.838. The minimum atomic E-state index is -0.293. The fourth-order valence-corrected chi connectivity index (χ4v) is 2.98. The van der Waals surface area contributed by atoms with Crippen molar-refractivity contribution in [2.45, 2.75) is 79.3 Å². The average molecular weight is 282 g/mol. The molecule has 1 N–H and O–H groups in total. The minimum absolute atomic E-state index is 0.184. The van der Waals surface area contributed by atoms with Gasteiger partial charge in [0.15, 0.2) is 0 Å². The smallest absolute Gasteiger partial charge is 0.225 e. The van der Waals surface area contributed by atoms with Gasteiger partial charge in [-0.25, -0.2) is 0 Å². The lowest BCUT2D eigenvalue weighted by molar-refractivity contribution is -0.129. The van der Waals surface area contributed by atoms with Crippen LogP contribution in [0.2, 0.25) is 0 Å². The van der Waals surface area contributed by atoms with E-state index in [0.717, 1.165) is 18.9 Å². The fourth-order valence-electron chi connectivity index (χ4n) is 2.98. The largest absolute Gasteiger partial charge is 0.352 e. The van der Waals surface area contributed by atoms with Crippen LogP contribution in [0.5, 0.6) is 0 Å². The number of carbonyl (C=O) groups is 1. The van der Waals surface area contributed by atoms with Gasteiger partial charge < -0.3 is 5.32 Å². The lowest BCUT2D eigenvalue weighted by atomic mass is 9.88. The number of carbonyl (C=O) groups excluding carboxylic acids is 1. The van der Waals surface area contributed by atoms with Crippen LogP contribution in [0.1, 0.15) is 67.2 Å². The van der Waals surface area contributed by atoms with Crippen molar-refractivity contribution in [1.29, 1.82) is 0 Å². The summed E-state index contributed by atoms with van der Waals surface area (Å²) in [5.74, 6) is 0.914. The van der Waals surface area contributed by atoms with Gasteiger partial charge in [0, 0.05) is 30.6 Å². The van der Waals surface area contributed by atoms with E-state index in [1.54, 1.807) is 0 Å². The van der Waals surface area contributed by atoms with Crippen molar-refractivity contribution in [3.8, 4) is 0 Å². The van der Waals surface area contributed by atoms with Crippen molar-refractivity contribution in [2.24, 2.45) is 11.3 Å². The van der Waals surface area contributed by atoms with Crippen molar-refractivity contribution >= 4 is 5.91 Å². The number of hydrogen-bond donors (Lipinski definition) is 1. The van der Waals surface area contributed by atoms with Crippen LogP contribution in [-0.4, -0.2) is 36.0 Å². The van der Waals surface area contributed by atoms with Gasteiger partial charge in [0.2, 0.25) is 5.91 Å². The molecule has 0 aromatic carbocycles. The number of nitrogens with zero attached hydrogens (tertiary/aromatic N) is 1. The van der Waals surface area contributed by atoms with Crippen LogP contribution >= 0.6 is 0 Å². The predicted molar refractivity (Wildman–Crippen MR) is 85.7 cm³/mol. The molecule has 0 radical (unpaired) electrons. The molecule has 20 heavy (non-hydrogen) atoms. The minimum Gasteiger partial charge on any atom is -0.352 e. The Hall–Kier alpha value is -0.570. The molecule has 1 saturated heterocycles. The zero-order valence-electron chi connectivity index (χ0n) is 14.3. The maximum Gasteiger partial charge on any atom is 0.225 e. The predicted octanol–water partition coefficient (Wildman–Crippen LogP) is 3.44. The molecule has 1 fully saturated rings. The van der Waals surface area contributed by atoms with E-state index in [9.17, 15) is 4.79 Å². The highest BCUT2D eigenvalue weighted by molar-refractivity contribution is 5.81. The first-order valence-electron chi connectivity index (χ1n) is 8.32. The molecule has 0 aromatic heterocycles. The molecule has 0 spiro atoms. The van der Waals surface area contributed by atoms with Crippen LogP contribution in [0.4, 0.5) is 0 Å². The van der Waals surface area contributed by atoms with E-state index in [-0.39, 0.29) is 11.3 Å². The van der Waals surface area contributed by atoms with Crippen LogP contribution in [0.15, 0.2) is 0 Å². The average Bonchev–Trinajstić information content (AvgIpc) is 2.36. The number of piperidine rings is 1. The monoisotopic (exact) mass is 282 g/mol. The maximum absolute atomic E-state index is 12.2. The van der Waals surface area contributed by atoms with Crippen LogP contribution < -0.4 is 5.32 Å². The van der Waals surface area contributed by atoms with E-state index >= 15 is 0 Å². The number of nitrogens with one attached hydrogen (secondary N) is 1. The molecule has 3 nitrogen and oxygen atoms in total. The molecule has 118 valence electrons. The molecule has 3 heteroatoms. The molecular formula is C17H34N2O. The molecule has 3 atom stereocenters. The molecule has 1 heterocycles. The Morgan fingerprint density at radius 3 is 2.45 bits per heavy atom. The van der Waals surface area contributed by atoms with Crippen molar-refractivity contribution in [1.82, 2.24) is 10.2 Å². The van der Waals surface area contributed by atoms with E-state index in [1.807, 2.05) is 20.8 Å². The fraction of sp³-hybridized carbons (Fsp3) is 0.941. The van der Waals surface area contributed by atoms with Gasteiger partial charge in [-0.15, -0.1) is 0 Å². The third-order valence-corrected chi connectivity index (χ3v) is 4.49. The van der Waals surface area contributed by atoms with Crippen molar-refractivity contribution in [2.75, 3.05) is 13.1 Å². The van der Waals surface area contributed by atoms with Crippen molar-refractivity contribution < 1.29 is 4.79 Å². The lowest BCUT2D eigenvalue weighted by Gasteiger charge is -2.41. The van der Waals surface area contributed by atoms with E-state index in [2.05, 4.69) is 31.0 Å². The number of likely N-dealkylation sites (tertiary alicyclic amines) is 1. The van der Waals surface area contributed by atoms with Gasteiger partial charge in [0.05, 0.1) is 0 Å². The molecule has 0 aliphatic carbocycles. The summed E-state index contributed by atoms with van der Waals surface area (Å²) in [4.78, 5) is 14.8. The Bertz CT molecular complexity index is 309. The number of hydrogen-bond acceptors (Lipinski definition) is 2. The molecule has 1 aliphatic heterocycles. The summed E-state index contributed by atoms with van der Waals surface area (Å²) in [6.07, 6.45) is 4.83. The van der Waals surface area contributed by atoms with Gasteiger partial charge >= 0.3 is 0 Å². The van der Waals surface area contributed by atoms with E-state index in [0.29, 0.717) is 12.1 Å². The van der Waals surface area contributed by atoms with Crippen LogP contribution in [0.25, 0.3) is 0 Å². The molecule has 1 amide bonds. The highest BCUT2D eigenvalue weighted by Gasteiger charge is 2.31. The van der Waals surface area contributed by atoms with E-state index in [4.69, 9.17) is 0 Å². The molecule has 1 aliphatic rings. The number of rotatable bonds is 5. The third-order valence-electron chi connectivity index (χ3n) is 4.49. The summed E-state index contributed by atoms with van der Waals surface area (Å²) >= 11 is 0. The van der Waals surface area contributed by atoms with Gasteiger partial charge in [-0.05, 0) is 32.1 Å². The lowest BCUT2D eigenvalue weighted by Crippen LogP contribution is -2.54. The highest BCUT2D eigenvalue weighted by Crippen LogP contribution is 2.24. The second kappa shape index (κ2) is 7.44. The zero-order chi connectivity index (χ0) is 15.3. The standard InChI is InChI=1S/C17H34N2O/c1-7-9-14-10-15(18-16(20)17(4,5)6)12-19(11-14)13(3)8-2/h13-15H,7-12H2,1-6H3,(H,18,20). The Balaban J connectivity index is 2.67. The summed E-state index contributed by atoms with van der Waals surface area (Å²) < 4.78 is 0. The highest BCUT2D eigenvalue weighted by atomic mass is 16.2. The Kier molecular flexibility index (Phi) is 6.50. The van der Waals surface area contributed by atoms with Crippen LogP contribution in [0.3, 0.4) is 0 Å². The van der Waals surface area contributed by atoms with Crippen molar-refractivity contribution in [3.63, 3.8) is 0 Å². The van der Waals surface area contributed by atoms with Crippen LogP contribution in [0, 0.1) is 11.3 Å². The second-order valence-corrected chi connectivity index (χ2v) is 7.52. The molecular weight excluding hydrogens is 248 g/mol. The first-order valence-corrected chi connectivity index (χ1v) is 8.32.